The van der Waals surface area contributed by atoms with Gasteiger partial charge < -0.3 is 10.2 Å². The van der Waals surface area contributed by atoms with Gasteiger partial charge in [-0.2, -0.15) is 0 Å². The van der Waals surface area contributed by atoms with E-state index in [0.29, 0.717) is 18.5 Å². The third-order valence-electron chi connectivity index (χ3n) is 4.35. The Kier molecular flexibility index (Phi) is 5.67. The number of rotatable bonds is 7. The molecule has 2 rings (SSSR count). The maximum Gasteiger partial charge on any atom is 0.122 e. The van der Waals surface area contributed by atoms with E-state index in [4.69, 9.17) is 10.2 Å². The molecule has 1 fully saturated rings. The fraction of sp³-hybridized carbons (Fsp3) is 0.765. The van der Waals surface area contributed by atoms with Crippen LogP contribution in [-0.4, -0.2) is 24.0 Å². The minimum Gasteiger partial charge on any atom is -0.464 e. The second-order valence-corrected chi connectivity index (χ2v) is 6.44. The number of hydrogen-bond donors (Lipinski definition) is 1. The molecule has 0 radical (unpaired) electrons. The zero-order valence-corrected chi connectivity index (χ0v) is 13.3. The summed E-state index contributed by atoms with van der Waals surface area (Å²) in [6.45, 7) is 8.45. The highest BCUT2D eigenvalue weighted by Crippen LogP contribution is 2.32. The molecule has 1 aromatic heterocycles. The van der Waals surface area contributed by atoms with Gasteiger partial charge in [0, 0.05) is 25.6 Å². The van der Waals surface area contributed by atoms with Crippen molar-refractivity contribution >= 4 is 0 Å². The van der Waals surface area contributed by atoms with Crippen LogP contribution in [0, 0.1) is 5.92 Å². The summed E-state index contributed by atoms with van der Waals surface area (Å²) in [5.74, 6) is 2.77. The molecule has 0 saturated heterocycles. The van der Waals surface area contributed by atoms with Gasteiger partial charge in [0.25, 0.3) is 0 Å². The van der Waals surface area contributed by atoms with E-state index in [1.807, 2.05) is 0 Å². The molecule has 1 heterocycles. The molecule has 0 aromatic carbocycles. The minimum atomic E-state index is 0.237. The highest BCUT2D eigenvalue weighted by Gasteiger charge is 2.30. The standard InChI is InChI=1S/C17H30N2O/c1-4-15-9-10-17(20-15)16(11-18)19(12-13(2)3)14-7-5-6-8-14/h9-10,13-14,16H,4-8,11-12,18H2,1-3H3. The lowest BCUT2D eigenvalue weighted by molar-refractivity contribution is 0.107. The quantitative estimate of drug-likeness (QED) is 0.826. The van der Waals surface area contributed by atoms with Crippen molar-refractivity contribution in [2.45, 2.75) is 65.0 Å². The van der Waals surface area contributed by atoms with Gasteiger partial charge in [-0.25, -0.2) is 0 Å². The van der Waals surface area contributed by atoms with Crippen LogP contribution in [-0.2, 0) is 6.42 Å². The van der Waals surface area contributed by atoms with Gasteiger partial charge in [-0.1, -0.05) is 33.6 Å². The fourth-order valence-electron chi connectivity index (χ4n) is 3.37. The second-order valence-electron chi connectivity index (χ2n) is 6.44. The highest BCUT2D eigenvalue weighted by atomic mass is 16.3. The van der Waals surface area contributed by atoms with Crippen LogP contribution in [0.1, 0.15) is 64.0 Å². The summed E-state index contributed by atoms with van der Waals surface area (Å²) in [6.07, 6.45) is 6.28. The molecule has 0 amide bonds. The summed E-state index contributed by atoms with van der Waals surface area (Å²) in [5.41, 5.74) is 6.10. The molecule has 1 atom stereocenters. The van der Waals surface area contributed by atoms with Gasteiger partial charge in [0.15, 0.2) is 0 Å². The van der Waals surface area contributed by atoms with E-state index in [2.05, 4.69) is 37.8 Å². The van der Waals surface area contributed by atoms with Crippen LogP contribution in [0.4, 0.5) is 0 Å². The number of aryl methyl sites for hydroxylation is 1. The van der Waals surface area contributed by atoms with E-state index < -0.39 is 0 Å². The molecule has 0 bridgehead atoms. The third-order valence-corrected chi connectivity index (χ3v) is 4.35. The molecular weight excluding hydrogens is 248 g/mol. The summed E-state index contributed by atoms with van der Waals surface area (Å²) in [5, 5.41) is 0. The van der Waals surface area contributed by atoms with Gasteiger partial charge in [-0.05, 0) is 30.9 Å². The van der Waals surface area contributed by atoms with Gasteiger partial charge in [0.1, 0.15) is 11.5 Å². The molecular formula is C17H30N2O. The van der Waals surface area contributed by atoms with E-state index in [1.54, 1.807) is 0 Å². The Bertz CT molecular complexity index is 393. The van der Waals surface area contributed by atoms with Crippen LogP contribution in [0.25, 0.3) is 0 Å². The first-order chi connectivity index (χ1) is 9.65. The van der Waals surface area contributed by atoms with Crippen LogP contribution < -0.4 is 5.73 Å². The lowest BCUT2D eigenvalue weighted by atomic mass is 10.1. The average molecular weight is 278 g/mol. The molecule has 1 saturated carbocycles. The summed E-state index contributed by atoms with van der Waals surface area (Å²) in [4.78, 5) is 2.61. The maximum atomic E-state index is 6.10. The Hall–Kier alpha value is -0.800. The van der Waals surface area contributed by atoms with Gasteiger partial charge in [-0.3, -0.25) is 4.90 Å². The topological polar surface area (TPSA) is 42.4 Å². The zero-order chi connectivity index (χ0) is 14.5. The van der Waals surface area contributed by atoms with Gasteiger partial charge >= 0.3 is 0 Å². The van der Waals surface area contributed by atoms with Crippen molar-refractivity contribution in [3.63, 3.8) is 0 Å². The van der Waals surface area contributed by atoms with Crippen LogP contribution in [0.15, 0.2) is 16.5 Å². The Morgan fingerprint density at radius 3 is 2.50 bits per heavy atom. The smallest absolute Gasteiger partial charge is 0.122 e. The first-order valence-electron chi connectivity index (χ1n) is 8.20. The third kappa shape index (κ3) is 3.64. The van der Waals surface area contributed by atoms with E-state index in [0.717, 1.165) is 24.5 Å². The largest absolute Gasteiger partial charge is 0.464 e. The Morgan fingerprint density at radius 2 is 2.00 bits per heavy atom. The molecule has 2 N–H and O–H groups in total. The number of hydrogen-bond acceptors (Lipinski definition) is 3. The number of furan rings is 1. The van der Waals surface area contributed by atoms with Crippen LogP contribution >= 0.6 is 0 Å². The van der Waals surface area contributed by atoms with Crippen LogP contribution in [0.3, 0.4) is 0 Å². The first kappa shape index (κ1) is 15.6. The van der Waals surface area contributed by atoms with E-state index in [1.165, 1.54) is 25.7 Å². The SMILES string of the molecule is CCc1ccc(C(CN)N(CC(C)C)C2CCCC2)o1. The maximum absolute atomic E-state index is 6.10. The Balaban J connectivity index is 2.18. The molecule has 0 spiro atoms. The lowest BCUT2D eigenvalue weighted by Crippen LogP contribution is -2.42. The molecule has 1 aliphatic carbocycles. The average Bonchev–Trinajstić information content (AvgIpc) is 3.09. The lowest BCUT2D eigenvalue weighted by Gasteiger charge is -2.36. The van der Waals surface area contributed by atoms with Crippen LogP contribution in [0.2, 0.25) is 0 Å². The molecule has 1 aliphatic rings. The Labute approximate surface area is 123 Å². The van der Waals surface area contributed by atoms with Gasteiger partial charge in [-0.15, -0.1) is 0 Å². The molecule has 1 aromatic rings. The second kappa shape index (κ2) is 7.28. The minimum absolute atomic E-state index is 0.237. The van der Waals surface area contributed by atoms with Crippen molar-refractivity contribution in [3.05, 3.63) is 23.7 Å². The molecule has 20 heavy (non-hydrogen) atoms. The predicted octanol–water partition coefficient (Wildman–Crippen LogP) is 3.74. The van der Waals surface area contributed by atoms with Crippen molar-refractivity contribution in [1.82, 2.24) is 4.90 Å². The van der Waals surface area contributed by atoms with Crippen molar-refractivity contribution in [1.29, 1.82) is 0 Å². The molecule has 114 valence electrons. The number of nitrogens with two attached hydrogens (primary N) is 1. The molecule has 3 heteroatoms. The first-order valence-corrected chi connectivity index (χ1v) is 8.20. The summed E-state index contributed by atoms with van der Waals surface area (Å²) in [6, 6.07) is 5.14. The van der Waals surface area contributed by atoms with E-state index in [-0.39, 0.29) is 6.04 Å². The van der Waals surface area contributed by atoms with E-state index >= 15 is 0 Å². The normalized spacial score (nSPS) is 18.3. The predicted molar refractivity (Wildman–Crippen MR) is 83.7 cm³/mol. The summed E-state index contributed by atoms with van der Waals surface area (Å²) >= 11 is 0. The molecule has 3 nitrogen and oxygen atoms in total. The summed E-state index contributed by atoms with van der Waals surface area (Å²) in [7, 11) is 0. The number of nitrogens with zero attached hydrogens (tertiary/aromatic N) is 1. The zero-order valence-electron chi connectivity index (χ0n) is 13.3. The highest BCUT2D eigenvalue weighted by molar-refractivity contribution is 5.12. The fourth-order valence-corrected chi connectivity index (χ4v) is 3.37. The molecule has 0 aliphatic heterocycles. The van der Waals surface area contributed by atoms with Crippen LogP contribution in [0.5, 0.6) is 0 Å². The van der Waals surface area contributed by atoms with Crippen molar-refractivity contribution in [2.24, 2.45) is 11.7 Å². The van der Waals surface area contributed by atoms with E-state index in [9.17, 15) is 0 Å². The van der Waals surface area contributed by atoms with Gasteiger partial charge in [0.2, 0.25) is 0 Å². The monoisotopic (exact) mass is 278 g/mol. The summed E-state index contributed by atoms with van der Waals surface area (Å²) < 4.78 is 5.99. The van der Waals surface area contributed by atoms with Crippen molar-refractivity contribution in [2.75, 3.05) is 13.1 Å². The van der Waals surface area contributed by atoms with Crippen molar-refractivity contribution in [3.8, 4) is 0 Å². The van der Waals surface area contributed by atoms with Crippen molar-refractivity contribution < 1.29 is 4.42 Å². The van der Waals surface area contributed by atoms with Gasteiger partial charge in [0.05, 0.1) is 6.04 Å². The Morgan fingerprint density at radius 1 is 1.30 bits per heavy atom. The molecule has 1 unspecified atom stereocenters.